The van der Waals surface area contributed by atoms with Gasteiger partial charge in [0.2, 0.25) is 5.91 Å². The van der Waals surface area contributed by atoms with Crippen LogP contribution in [-0.2, 0) is 14.4 Å². The lowest BCUT2D eigenvalue weighted by molar-refractivity contribution is -0.140. The summed E-state index contributed by atoms with van der Waals surface area (Å²) >= 11 is 0. The number of hydrogen-bond donors (Lipinski definition) is 1. The average Bonchev–Trinajstić information content (AvgIpc) is 3.34. The fourth-order valence-corrected chi connectivity index (χ4v) is 6.46. The van der Waals surface area contributed by atoms with Gasteiger partial charge in [0.05, 0.1) is 6.07 Å². The van der Waals surface area contributed by atoms with E-state index in [1.165, 1.54) is 6.42 Å². The number of nitrogens with one attached hydrogen (secondary N) is 1. The quantitative estimate of drug-likeness (QED) is 0.610. The van der Waals surface area contributed by atoms with Gasteiger partial charge in [0.15, 0.2) is 6.61 Å². The first-order valence-electron chi connectivity index (χ1n) is 13.3. The number of ketones is 1. The molecule has 36 heavy (non-hydrogen) atoms. The summed E-state index contributed by atoms with van der Waals surface area (Å²) < 4.78 is 5.75. The van der Waals surface area contributed by atoms with Crippen LogP contribution in [-0.4, -0.2) is 47.7 Å². The molecule has 1 aromatic carbocycles. The van der Waals surface area contributed by atoms with Gasteiger partial charge < -0.3 is 15.0 Å². The van der Waals surface area contributed by atoms with Crippen molar-refractivity contribution in [3.8, 4) is 11.8 Å². The third-order valence-electron chi connectivity index (χ3n) is 8.33. The fraction of sp³-hybridized carbons (Fsp3) is 0.655. The van der Waals surface area contributed by atoms with E-state index in [0.717, 1.165) is 37.7 Å². The molecule has 7 nitrogen and oxygen atoms in total. The SMILES string of the molecule is Cc1ccc(OCC(=O)N2CC3(CCCCC3)CC2C(=O)N[C@H](C#N)C[C@@H]2CC(C)(C)CC2=O)cc1. The Morgan fingerprint density at radius 1 is 1.17 bits per heavy atom. The van der Waals surface area contributed by atoms with E-state index in [0.29, 0.717) is 31.6 Å². The van der Waals surface area contributed by atoms with Crippen molar-refractivity contribution >= 4 is 17.6 Å². The highest BCUT2D eigenvalue weighted by atomic mass is 16.5. The zero-order valence-corrected chi connectivity index (χ0v) is 21.8. The highest BCUT2D eigenvalue weighted by Crippen LogP contribution is 2.46. The molecule has 7 heteroatoms. The molecule has 1 N–H and O–H groups in total. The van der Waals surface area contributed by atoms with Gasteiger partial charge in [-0.2, -0.15) is 5.26 Å². The number of Topliss-reactive ketones (excluding diaryl/α,β-unsaturated/α-hetero) is 1. The second-order valence-electron chi connectivity index (χ2n) is 12.0. The van der Waals surface area contributed by atoms with Crippen molar-refractivity contribution in [2.75, 3.05) is 13.2 Å². The number of rotatable bonds is 7. The largest absolute Gasteiger partial charge is 0.484 e. The van der Waals surface area contributed by atoms with Crippen molar-refractivity contribution in [2.24, 2.45) is 16.7 Å². The number of carbonyl (C=O) groups excluding carboxylic acids is 3. The van der Waals surface area contributed by atoms with Gasteiger partial charge in [0.25, 0.3) is 5.91 Å². The number of likely N-dealkylation sites (tertiary alicyclic amines) is 1. The van der Waals surface area contributed by atoms with E-state index in [4.69, 9.17) is 4.74 Å². The van der Waals surface area contributed by atoms with Crippen LogP contribution in [0, 0.1) is 35.0 Å². The van der Waals surface area contributed by atoms with Crippen molar-refractivity contribution in [3.05, 3.63) is 29.8 Å². The topological polar surface area (TPSA) is 99.5 Å². The fourth-order valence-electron chi connectivity index (χ4n) is 6.46. The molecule has 1 spiro atoms. The van der Waals surface area contributed by atoms with E-state index in [1.807, 2.05) is 31.2 Å². The number of hydrogen-bond acceptors (Lipinski definition) is 5. The third kappa shape index (κ3) is 6.08. The molecule has 3 aliphatic rings. The van der Waals surface area contributed by atoms with E-state index in [9.17, 15) is 19.6 Å². The number of amides is 2. The molecule has 0 radical (unpaired) electrons. The molecule has 3 atom stereocenters. The number of carbonyl (C=O) groups is 3. The van der Waals surface area contributed by atoms with Gasteiger partial charge in [-0.15, -0.1) is 0 Å². The van der Waals surface area contributed by atoms with Crippen LogP contribution in [0.5, 0.6) is 5.75 Å². The molecule has 0 aromatic heterocycles. The highest BCUT2D eigenvalue weighted by Gasteiger charge is 2.49. The normalized spacial score (nSPS) is 25.4. The van der Waals surface area contributed by atoms with E-state index in [1.54, 1.807) is 4.90 Å². The first-order chi connectivity index (χ1) is 17.1. The van der Waals surface area contributed by atoms with Crippen LogP contribution in [0.4, 0.5) is 0 Å². The number of nitriles is 1. The van der Waals surface area contributed by atoms with Gasteiger partial charge in [-0.3, -0.25) is 14.4 Å². The average molecular weight is 494 g/mol. The standard InChI is InChI=1S/C29H39N3O4/c1-20-7-9-23(10-8-20)36-18-26(34)32-19-29(11-5-4-6-12-29)15-24(32)27(35)31-22(17-30)13-21-14-28(2,3)16-25(21)33/h7-10,21-22,24H,4-6,11-16,18-19H2,1-3H3,(H,31,35)/t21-,22+,24?/m1/s1. The molecule has 1 aromatic rings. The molecule has 2 aliphatic carbocycles. The Balaban J connectivity index is 1.43. The van der Waals surface area contributed by atoms with Gasteiger partial charge >= 0.3 is 0 Å². The molecule has 2 amide bonds. The van der Waals surface area contributed by atoms with Crippen LogP contribution in [0.1, 0.15) is 77.2 Å². The second kappa shape index (κ2) is 10.6. The molecular formula is C29H39N3O4. The minimum absolute atomic E-state index is 0.0483. The zero-order chi connectivity index (χ0) is 25.9. The third-order valence-corrected chi connectivity index (χ3v) is 8.33. The summed E-state index contributed by atoms with van der Waals surface area (Å²) in [5, 5.41) is 12.6. The van der Waals surface area contributed by atoms with Crippen LogP contribution in [0.25, 0.3) is 0 Å². The van der Waals surface area contributed by atoms with Crippen LogP contribution in [0.2, 0.25) is 0 Å². The molecule has 1 aliphatic heterocycles. The van der Waals surface area contributed by atoms with Crippen LogP contribution >= 0.6 is 0 Å². The van der Waals surface area contributed by atoms with Crippen molar-refractivity contribution in [1.29, 1.82) is 5.26 Å². The lowest BCUT2D eigenvalue weighted by Crippen LogP contribution is -2.50. The smallest absolute Gasteiger partial charge is 0.261 e. The van der Waals surface area contributed by atoms with E-state index >= 15 is 0 Å². The number of benzene rings is 1. The van der Waals surface area contributed by atoms with Crippen LogP contribution in [0.3, 0.4) is 0 Å². The van der Waals surface area contributed by atoms with Gasteiger partial charge in [0, 0.05) is 18.9 Å². The van der Waals surface area contributed by atoms with Crippen molar-refractivity contribution in [2.45, 2.75) is 90.6 Å². The van der Waals surface area contributed by atoms with E-state index < -0.39 is 12.1 Å². The Bertz CT molecular complexity index is 1020. The van der Waals surface area contributed by atoms with Crippen LogP contribution in [0.15, 0.2) is 24.3 Å². The summed E-state index contributed by atoms with van der Waals surface area (Å²) in [6.07, 6.45) is 7.60. The molecule has 1 heterocycles. The first-order valence-corrected chi connectivity index (χ1v) is 13.3. The molecule has 1 unspecified atom stereocenters. The van der Waals surface area contributed by atoms with E-state index in [2.05, 4.69) is 25.2 Å². The summed E-state index contributed by atoms with van der Waals surface area (Å²) in [6, 6.07) is 8.35. The maximum absolute atomic E-state index is 13.5. The molecular weight excluding hydrogens is 454 g/mol. The number of ether oxygens (including phenoxy) is 1. The maximum atomic E-state index is 13.5. The Labute approximate surface area is 214 Å². The van der Waals surface area contributed by atoms with E-state index in [-0.39, 0.29) is 41.0 Å². The minimum atomic E-state index is -0.746. The van der Waals surface area contributed by atoms with Crippen LogP contribution < -0.4 is 10.1 Å². The predicted octanol–water partition coefficient (Wildman–Crippen LogP) is 4.33. The Morgan fingerprint density at radius 3 is 2.47 bits per heavy atom. The Kier molecular flexibility index (Phi) is 7.73. The lowest BCUT2D eigenvalue weighted by Gasteiger charge is -2.33. The minimum Gasteiger partial charge on any atom is -0.484 e. The maximum Gasteiger partial charge on any atom is 0.261 e. The molecule has 3 fully saturated rings. The molecule has 2 saturated carbocycles. The van der Waals surface area contributed by atoms with Crippen molar-refractivity contribution in [1.82, 2.24) is 10.2 Å². The van der Waals surface area contributed by atoms with Gasteiger partial charge in [-0.25, -0.2) is 0 Å². The predicted molar refractivity (Wildman–Crippen MR) is 136 cm³/mol. The summed E-state index contributed by atoms with van der Waals surface area (Å²) in [7, 11) is 0. The lowest BCUT2D eigenvalue weighted by atomic mass is 9.72. The Morgan fingerprint density at radius 2 is 1.86 bits per heavy atom. The molecule has 0 bridgehead atoms. The first kappa shape index (κ1) is 26.2. The van der Waals surface area contributed by atoms with Crippen molar-refractivity contribution < 1.29 is 19.1 Å². The summed E-state index contributed by atoms with van der Waals surface area (Å²) in [5.41, 5.74) is 0.998. The molecule has 1 saturated heterocycles. The van der Waals surface area contributed by atoms with Gasteiger partial charge in [-0.1, -0.05) is 50.8 Å². The summed E-state index contributed by atoms with van der Waals surface area (Å²) in [6.45, 7) is 6.54. The highest BCUT2D eigenvalue weighted by molar-refractivity contribution is 5.89. The monoisotopic (exact) mass is 493 g/mol. The van der Waals surface area contributed by atoms with Gasteiger partial charge in [0.1, 0.15) is 23.6 Å². The molecule has 194 valence electrons. The summed E-state index contributed by atoms with van der Waals surface area (Å²) in [5.74, 6) is 0.0764. The van der Waals surface area contributed by atoms with Crippen molar-refractivity contribution in [3.63, 3.8) is 0 Å². The zero-order valence-electron chi connectivity index (χ0n) is 21.8. The summed E-state index contributed by atoms with van der Waals surface area (Å²) in [4.78, 5) is 40.9. The molecule has 4 rings (SSSR count). The number of aryl methyl sites for hydroxylation is 1. The number of nitrogens with zero attached hydrogens (tertiary/aromatic N) is 2. The van der Waals surface area contributed by atoms with Gasteiger partial charge in [-0.05, 0) is 62.0 Å². The Hall–Kier alpha value is -2.88. The second-order valence-corrected chi connectivity index (χ2v) is 12.0.